The number of anilines is 1. The van der Waals surface area contributed by atoms with Crippen LogP contribution in [0.3, 0.4) is 0 Å². The van der Waals surface area contributed by atoms with E-state index in [-0.39, 0.29) is 11.7 Å². The first-order valence-corrected chi connectivity index (χ1v) is 7.40. The van der Waals surface area contributed by atoms with E-state index in [1.807, 2.05) is 6.26 Å². The molecule has 0 radical (unpaired) electrons. The van der Waals surface area contributed by atoms with Crippen molar-refractivity contribution in [2.24, 2.45) is 0 Å². The molecule has 6 heteroatoms. The van der Waals surface area contributed by atoms with Gasteiger partial charge in [-0.15, -0.1) is 0 Å². The first-order valence-electron chi connectivity index (χ1n) is 6.11. The fourth-order valence-corrected chi connectivity index (χ4v) is 3.33. The zero-order chi connectivity index (χ0) is 14.0. The Hall–Kier alpha value is -1.30. The van der Waals surface area contributed by atoms with Gasteiger partial charge in [0.25, 0.3) is 5.91 Å². The topological polar surface area (TPSA) is 55.1 Å². The molecule has 0 bridgehead atoms. The lowest BCUT2D eigenvalue weighted by Crippen LogP contribution is -2.39. The van der Waals surface area contributed by atoms with Gasteiger partial charge in [0.2, 0.25) is 0 Å². The standard InChI is InChI=1S/C13H16F2N2OS/c1-19-10-4-2-3-9(10)17-13(18)11-7(14)5-6-8(16)12(11)15/h5-6,9-10H,2-4,16H2,1H3,(H,17,18). The number of carbonyl (C=O) groups excluding carboxylic acids is 1. The summed E-state index contributed by atoms with van der Waals surface area (Å²) in [4.78, 5) is 12.0. The summed E-state index contributed by atoms with van der Waals surface area (Å²) in [7, 11) is 0. The summed E-state index contributed by atoms with van der Waals surface area (Å²) in [5, 5.41) is 3.01. The lowest BCUT2D eigenvalue weighted by Gasteiger charge is -2.19. The number of nitrogen functional groups attached to an aromatic ring is 1. The predicted octanol–water partition coefficient (Wildman–Crippen LogP) is 2.56. The number of amides is 1. The normalized spacial score (nSPS) is 22.5. The van der Waals surface area contributed by atoms with Gasteiger partial charge in [-0.3, -0.25) is 4.79 Å². The van der Waals surface area contributed by atoms with Gasteiger partial charge in [0.1, 0.15) is 11.4 Å². The molecule has 0 aromatic heterocycles. The number of carbonyl (C=O) groups is 1. The summed E-state index contributed by atoms with van der Waals surface area (Å²) in [6.45, 7) is 0. The van der Waals surface area contributed by atoms with Gasteiger partial charge in [0.05, 0.1) is 5.69 Å². The number of hydrogen-bond acceptors (Lipinski definition) is 3. The number of nitrogens with one attached hydrogen (secondary N) is 1. The van der Waals surface area contributed by atoms with Crippen molar-refractivity contribution in [2.45, 2.75) is 30.6 Å². The van der Waals surface area contributed by atoms with Gasteiger partial charge >= 0.3 is 0 Å². The van der Waals surface area contributed by atoms with Crippen molar-refractivity contribution in [2.75, 3.05) is 12.0 Å². The number of nitrogens with two attached hydrogens (primary N) is 1. The molecule has 1 aliphatic rings. The summed E-state index contributed by atoms with van der Waals surface area (Å²) < 4.78 is 27.3. The van der Waals surface area contributed by atoms with Crippen molar-refractivity contribution in [1.82, 2.24) is 5.32 Å². The van der Waals surface area contributed by atoms with Crippen LogP contribution in [0.2, 0.25) is 0 Å². The van der Waals surface area contributed by atoms with Gasteiger partial charge in [-0.2, -0.15) is 11.8 Å². The van der Waals surface area contributed by atoms with Crippen LogP contribution in [0.1, 0.15) is 29.6 Å². The molecule has 3 N–H and O–H groups in total. The molecule has 0 heterocycles. The van der Waals surface area contributed by atoms with Gasteiger partial charge < -0.3 is 11.1 Å². The number of halogens is 2. The predicted molar refractivity (Wildman–Crippen MR) is 73.2 cm³/mol. The van der Waals surface area contributed by atoms with Gasteiger partial charge in [-0.25, -0.2) is 8.78 Å². The second-order valence-corrected chi connectivity index (χ2v) is 5.69. The van der Waals surface area contributed by atoms with Crippen LogP contribution < -0.4 is 11.1 Å². The Labute approximate surface area is 114 Å². The van der Waals surface area contributed by atoms with Crippen molar-refractivity contribution >= 4 is 23.4 Å². The third kappa shape index (κ3) is 2.83. The molecule has 2 unspecified atom stereocenters. The minimum atomic E-state index is -0.990. The molecule has 19 heavy (non-hydrogen) atoms. The zero-order valence-electron chi connectivity index (χ0n) is 10.6. The fraction of sp³-hybridized carbons (Fsp3) is 0.462. The maximum Gasteiger partial charge on any atom is 0.257 e. The Morgan fingerprint density at radius 2 is 2.16 bits per heavy atom. The third-order valence-electron chi connectivity index (χ3n) is 3.42. The molecule has 3 nitrogen and oxygen atoms in total. The Morgan fingerprint density at radius 1 is 1.42 bits per heavy atom. The fourth-order valence-electron chi connectivity index (χ4n) is 2.39. The van der Waals surface area contributed by atoms with Gasteiger partial charge in [0.15, 0.2) is 5.82 Å². The highest BCUT2D eigenvalue weighted by atomic mass is 32.2. The van der Waals surface area contributed by atoms with Crippen LogP contribution in [0, 0.1) is 11.6 Å². The molecule has 1 aromatic rings. The van der Waals surface area contributed by atoms with Crippen molar-refractivity contribution in [3.05, 3.63) is 29.3 Å². The average molecular weight is 286 g/mol. The molecule has 1 aromatic carbocycles. The molecule has 0 saturated heterocycles. The third-order valence-corrected chi connectivity index (χ3v) is 4.59. The van der Waals surface area contributed by atoms with E-state index in [0.29, 0.717) is 5.25 Å². The van der Waals surface area contributed by atoms with Crippen LogP contribution in [0.4, 0.5) is 14.5 Å². The molecule has 2 atom stereocenters. The SMILES string of the molecule is CSC1CCCC1NC(=O)c1c(F)ccc(N)c1F. The lowest BCUT2D eigenvalue weighted by atomic mass is 10.1. The number of benzene rings is 1. The van der Waals surface area contributed by atoms with E-state index in [4.69, 9.17) is 5.73 Å². The summed E-state index contributed by atoms with van der Waals surface area (Å²) >= 11 is 1.66. The molecule has 1 aliphatic carbocycles. The number of hydrogen-bond donors (Lipinski definition) is 2. The highest BCUT2D eigenvalue weighted by Gasteiger charge is 2.30. The molecule has 1 amide bonds. The summed E-state index contributed by atoms with van der Waals surface area (Å²) in [6, 6.07) is 2.08. The van der Waals surface area contributed by atoms with E-state index in [1.54, 1.807) is 11.8 Å². The van der Waals surface area contributed by atoms with Gasteiger partial charge in [0, 0.05) is 11.3 Å². The molecular weight excluding hydrogens is 270 g/mol. The van der Waals surface area contributed by atoms with Gasteiger partial charge in [-0.1, -0.05) is 6.42 Å². The van der Waals surface area contributed by atoms with Crippen LogP contribution in [0.25, 0.3) is 0 Å². The van der Waals surface area contributed by atoms with Crippen molar-refractivity contribution < 1.29 is 13.6 Å². The van der Waals surface area contributed by atoms with E-state index in [0.717, 1.165) is 31.4 Å². The van der Waals surface area contributed by atoms with Crippen LogP contribution in [0.5, 0.6) is 0 Å². The first kappa shape index (κ1) is 14.1. The maximum absolute atomic E-state index is 13.7. The molecule has 104 valence electrons. The van der Waals surface area contributed by atoms with Crippen LogP contribution in [-0.2, 0) is 0 Å². The van der Waals surface area contributed by atoms with Crippen LogP contribution in [-0.4, -0.2) is 23.5 Å². The highest BCUT2D eigenvalue weighted by molar-refractivity contribution is 7.99. The monoisotopic (exact) mass is 286 g/mol. The summed E-state index contributed by atoms with van der Waals surface area (Å²) in [5.41, 5.74) is 4.55. The largest absolute Gasteiger partial charge is 0.396 e. The smallest absolute Gasteiger partial charge is 0.257 e. The van der Waals surface area contributed by atoms with Crippen LogP contribution >= 0.6 is 11.8 Å². The Bertz CT molecular complexity index is 496. The Kier molecular flexibility index (Phi) is 4.29. The quantitative estimate of drug-likeness (QED) is 0.840. The Balaban J connectivity index is 2.19. The Morgan fingerprint density at radius 3 is 2.84 bits per heavy atom. The number of rotatable bonds is 3. The summed E-state index contributed by atoms with van der Waals surface area (Å²) in [6.07, 6.45) is 4.83. The van der Waals surface area contributed by atoms with Crippen LogP contribution in [0.15, 0.2) is 12.1 Å². The lowest BCUT2D eigenvalue weighted by molar-refractivity contribution is 0.0930. The number of thioether (sulfide) groups is 1. The molecular formula is C13H16F2N2OS. The second kappa shape index (κ2) is 5.77. The van der Waals surface area contributed by atoms with Crippen molar-refractivity contribution in [3.8, 4) is 0 Å². The molecule has 1 fully saturated rings. The van der Waals surface area contributed by atoms with E-state index >= 15 is 0 Å². The zero-order valence-corrected chi connectivity index (χ0v) is 11.4. The van der Waals surface area contributed by atoms with Gasteiger partial charge in [-0.05, 0) is 31.2 Å². The minimum Gasteiger partial charge on any atom is -0.396 e. The van der Waals surface area contributed by atoms with Crippen molar-refractivity contribution in [1.29, 1.82) is 0 Å². The van der Waals surface area contributed by atoms with Crippen molar-refractivity contribution in [3.63, 3.8) is 0 Å². The highest BCUT2D eigenvalue weighted by Crippen LogP contribution is 2.29. The van der Waals surface area contributed by atoms with E-state index in [1.165, 1.54) is 0 Å². The molecule has 0 aliphatic heterocycles. The van der Waals surface area contributed by atoms with E-state index in [2.05, 4.69) is 5.32 Å². The van der Waals surface area contributed by atoms with E-state index in [9.17, 15) is 13.6 Å². The first-order chi connectivity index (χ1) is 9.04. The maximum atomic E-state index is 13.7. The molecule has 1 saturated carbocycles. The second-order valence-electron chi connectivity index (χ2n) is 4.61. The summed E-state index contributed by atoms with van der Waals surface area (Å²) in [5.74, 6) is -2.60. The van der Waals surface area contributed by atoms with E-state index < -0.39 is 23.1 Å². The molecule has 0 spiro atoms. The molecule has 2 rings (SSSR count). The minimum absolute atomic E-state index is 0.0391. The average Bonchev–Trinajstić information content (AvgIpc) is 2.81.